The van der Waals surface area contributed by atoms with Crippen LogP contribution >= 0.6 is 0 Å². The van der Waals surface area contributed by atoms with E-state index in [4.69, 9.17) is 4.74 Å². The van der Waals surface area contributed by atoms with Crippen LogP contribution in [-0.4, -0.2) is 36.2 Å². The first-order chi connectivity index (χ1) is 14.6. The van der Waals surface area contributed by atoms with Crippen molar-refractivity contribution in [2.45, 2.75) is 45.2 Å². The average Bonchev–Trinajstić information content (AvgIpc) is 3.13. The van der Waals surface area contributed by atoms with Crippen LogP contribution < -0.4 is 9.80 Å². The lowest BCUT2D eigenvalue weighted by molar-refractivity contribution is -0.143. The Kier molecular flexibility index (Phi) is 7.06. The fourth-order valence-electron chi connectivity index (χ4n) is 3.77. The Bertz CT molecular complexity index is 900. The molecule has 1 unspecified atom stereocenters. The van der Waals surface area contributed by atoms with E-state index in [1.807, 2.05) is 30.3 Å². The average molecular weight is 410 g/mol. The highest BCUT2D eigenvalue weighted by Gasteiger charge is 2.37. The van der Waals surface area contributed by atoms with Crippen LogP contribution in [0.5, 0.6) is 5.75 Å². The number of benzene rings is 2. The number of rotatable bonds is 9. The molecule has 0 spiro atoms. The number of amides is 2. The molecule has 30 heavy (non-hydrogen) atoms. The molecule has 3 rings (SSSR count). The van der Waals surface area contributed by atoms with Crippen LogP contribution in [0.4, 0.5) is 11.4 Å². The van der Waals surface area contributed by atoms with Crippen molar-refractivity contribution < 1.29 is 24.2 Å². The van der Waals surface area contributed by atoms with Crippen LogP contribution in [0.15, 0.2) is 48.5 Å². The molecule has 2 aromatic carbocycles. The fourth-order valence-corrected chi connectivity index (χ4v) is 3.77. The van der Waals surface area contributed by atoms with Gasteiger partial charge in [-0.15, -0.1) is 0 Å². The summed E-state index contributed by atoms with van der Waals surface area (Å²) in [6, 6.07) is 14.4. The van der Waals surface area contributed by atoms with Crippen molar-refractivity contribution in [3.8, 4) is 5.75 Å². The number of phenols is 1. The van der Waals surface area contributed by atoms with Gasteiger partial charge in [0.15, 0.2) is 0 Å². The highest BCUT2D eigenvalue weighted by atomic mass is 16.5. The van der Waals surface area contributed by atoms with E-state index >= 15 is 0 Å². The first-order valence-corrected chi connectivity index (χ1v) is 10.1. The Morgan fingerprint density at radius 3 is 2.70 bits per heavy atom. The van der Waals surface area contributed by atoms with Gasteiger partial charge < -0.3 is 9.84 Å². The summed E-state index contributed by atoms with van der Waals surface area (Å²) < 4.78 is 4.93. The summed E-state index contributed by atoms with van der Waals surface area (Å²) in [7, 11) is 0. The van der Waals surface area contributed by atoms with Gasteiger partial charge in [-0.1, -0.05) is 30.3 Å². The zero-order valence-corrected chi connectivity index (χ0v) is 17.0. The summed E-state index contributed by atoms with van der Waals surface area (Å²) in [5.74, 6) is -0.352. The first kappa shape index (κ1) is 21.4. The maximum absolute atomic E-state index is 12.5. The molecular weight excluding hydrogens is 384 g/mol. The van der Waals surface area contributed by atoms with Gasteiger partial charge in [-0.05, 0) is 49.9 Å². The van der Waals surface area contributed by atoms with Crippen LogP contribution in [0, 0.1) is 0 Å². The van der Waals surface area contributed by atoms with Gasteiger partial charge in [0, 0.05) is 18.5 Å². The van der Waals surface area contributed by atoms with Gasteiger partial charge in [0.25, 0.3) is 0 Å². The molecule has 7 heteroatoms. The number of hydrogen-bond donors (Lipinski definition) is 1. The summed E-state index contributed by atoms with van der Waals surface area (Å²) in [6.45, 7) is 2.10. The van der Waals surface area contributed by atoms with E-state index in [1.54, 1.807) is 30.0 Å². The minimum Gasteiger partial charge on any atom is -0.505 e. The van der Waals surface area contributed by atoms with Crippen LogP contribution in [-0.2, 0) is 25.5 Å². The molecule has 0 aromatic heterocycles. The van der Waals surface area contributed by atoms with Crippen LogP contribution in [0.2, 0.25) is 0 Å². The number of ether oxygens (including phenoxy) is 1. The minimum atomic E-state index is -0.516. The third kappa shape index (κ3) is 4.62. The summed E-state index contributed by atoms with van der Waals surface area (Å²) in [4.78, 5) is 39.1. The molecule has 2 amide bonds. The highest BCUT2D eigenvalue weighted by molar-refractivity contribution is 5.98. The summed E-state index contributed by atoms with van der Waals surface area (Å²) in [5, 5.41) is 10.8. The van der Waals surface area contributed by atoms with E-state index in [1.165, 1.54) is 4.90 Å². The van der Waals surface area contributed by atoms with Crippen molar-refractivity contribution in [2.24, 2.45) is 0 Å². The minimum absolute atomic E-state index is 0.0131. The van der Waals surface area contributed by atoms with Crippen LogP contribution in [0.3, 0.4) is 0 Å². The zero-order valence-electron chi connectivity index (χ0n) is 17.0. The van der Waals surface area contributed by atoms with E-state index in [0.29, 0.717) is 55.6 Å². The quantitative estimate of drug-likeness (QED) is 0.506. The number of aryl methyl sites for hydroxylation is 1. The Morgan fingerprint density at radius 1 is 1.23 bits per heavy atom. The molecular formula is C23H26N2O5. The monoisotopic (exact) mass is 410 g/mol. The van der Waals surface area contributed by atoms with Gasteiger partial charge in [0.1, 0.15) is 11.9 Å². The number of nitrogens with zero attached hydrogens (tertiary/aromatic N) is 2. The molecule has 2 aromatic rings. The number of esters is 1. The predicted octanol–water partition coefficient (Wildman–Crippen LogP) is 3.39. The Balaban J connectivity index is 1.82. The fraction of sp³-hybridized carbons (Fsp3) is 0.348. The second kappa shape index (κ2) is 9.91. The molecule has 1 heterocycles. The highest BCUT2D eigenvalue weighted by Crippen LogP contribution is 2.36. The van der Waals surface area contributed by atoms with Crippen molar-refractivity contribution in [3.05, 3.63) is 54.1 Å². The summed E-state index contributed by atoms with van der Waals surface area (Å²) in [5.41, 5.74) is 1.69. The molecule has 0 radical (unpaired) electrons. The standard InChI is InChI=1S/C23H26N2O5/c1-2-30-22(28)13-7-9-17-8-6-12-19(23(17)29)24(16-26)20-14-15-21(27)25(20)18-10-4-3-5-11-18/h3-6,8,10-12,16,20,29H,2,7,9,13-15H2,1H3. The second-order valence-electron chi connectivity index (χ2n) is 7.07. The number of para-hydroxylation sites is 2. The Labute approximate surface area is 175 Å². The molecule has 158 valence electrons. The van der Waals surface area contributed by atoms with E-state index in [9.17, 15) is 19.5 Å². The molecule has 1 aliphatic heterocycles. The third-order valence-electron chi connectivity index (χ3n) is 5.16. The van der Waals surface area contributed by atoms with Gasteiger partial charge in [-0.2, -0.15) is 0 Å². The summed E-state index contributed by atoms with van der Waals surface area (Å²) in [6.07, 6.45) is 2.18. The third-order valence-corrected chi connectivity index (χ3v) is 5.16. The van der Waals surface area contributed by atoms with E-state index < -0.39 is 6.17 Å². The number of carbonyl (C=O) groups is 3. The Hall–Kier alpha value is -3.35. The van der Waals surface area contributed by atoms with Gasteiger partial charge in [-0.25, -0.2) is 0 Å². The van der Waals surface area contributed by atoms with Gasteiger partial charge in [-0.3, -0.25) is 24.2 Å². The van der Waals surface area contributed by atoms with E-state index in [-0.39, 0.29) is 24.0 Å². The largest absolute Gasteiger partial charge is 0.505 e. The lowest BCUT2D eigenvalue weighted by Crippen LogP contribution is -2.46. The summed E-state index contributed by atoms with van der Waals surface area (Å²) >= 11 is 0. The molecule has 1 N–H and O–H groups in total. The maximum atomic E-state index is 12.5. The molecule has 0 saturated carbocycles. The normalized spacial score (nSPS) is 15.8. The topological polar surface area (TPSA) is 87.2 Å². The second-order valence-corrected chi connectivity index (χ2v) is 7.07. The zero-order chi connectivity index (χ0) is 21.5. The molecule has 0 bridgehead atoms. The number of carbonyl (C=O) groups excluding carboxylic acids is 3. The van der Waals surface area contributed by atoms with Crippen LogP contribution in [0.25, 0.3) is 0 Å². The van der Waals surface area contributed by atoms with Crippen molar-refractivity contribution >= 4 is 29.7 Å². The SMILES string of the molecule is CCOC(=O)CCCc1cccc(N(C=O)C2CCC(=O)N2c2ccccc2)c1O. The van der Waals surface area contributed by atoms with Gasteiger partial charge in [0.05, 0.1) is 12.3 Å². The van der Waals surface area contributed by atoms with Crippen LogP contribution in [0.1, 0.15) is 38.2 Å². The van der Waals surface area contributed by atoms with E-state index in [2.05, 4.69) is 0 Å². The van der Waals surface area contributed by atoms with Crippen molar-refractivity contribution in [1.29, 1.82) is 0 Å². The molecule has 1 atom stereocenters. The Morgan fingerprint density at radius 2 is 2.00 bits per heavy atom. The maximum Gasteiger partial charge on any atom is 0.305 e. The van der Waals surface area contributed by atoms with E-state index in [0.717, 1.165) is 0 Å². The molecule has 1 fully saturated rings. The first-order valence-electron chi connectivity index (χ1n) is 10.1. The molecule has 1 saturated heterocycles. The number of hydrogen-bond acceptors (Lipinski definition) is 5. The molecule has 7 nitrogen and oxygen atoms in total. The molecule has 0 aliphatic carbocycles. The molecule has 1 aliphatic rings. The lowest BCUT2D eigenvalue weighted by Gasteiger charge is -2.33. The van der Waals surface area contributed by atoms with Crippen molar-refractivity contribution in [3.63, 3.8) is 0 Å². The van der Waals surface area contributed by atoms with Crippen molar-refractivity contribution in [1.82, 2.24) is 0 Å². The lowest BCUT2D eigenvalue weighted by atomic mass is 10.1. The van der Waals surface area contributed by atoms with Crippen molar-refractivity contribution in [2.75, 3.05) is 16.4 Å². The predicted molar refractivity (Wildman–Crippen MR) is 113 cm³/mol. The number of phenolic OH excluding ortho intramolecular Hbond substituents is 1. The number of anilines is 2. The van der Waals surface area contributed by atoms with Gasteiger partial charge >= 0.3 is 5.97 Å². The van der Waals surface area contributed by atoms with Gasteiger partial charge in [0.2, 0.25) is 12.3 Å². The number of aromatic hydroxyl groups is 1. The smallest absolute Gasteiger partial charge is 0.305 e.